The Kier molecular flexibility index (Phi) is 4.74. The van der Waals surface area contributed by atoms with Gasteiger partial charge in [0.25, 0.3) is 0 Å². The van der Waals surface area contributed by atoms with E-state index >= 15 is 0 Å². The molecule has 0 saturated heterocycles. The second-order valence-corrected chi connectivity index (χ2v) is 7.35. The van der Waals surface area contributed by atoms with Crippen LogP contribution in [0.25, 0.3) is 0 Å². The van der Waals surface area contributed by atoms with Gasteiger partial charge < -0.3 is 16.2 Å². The molecule has 0 aliphatic carbocycles. The number of aryl methyl sites for hydroxylation is 1. The van der Waals surface area contributed by atoms with Crippen LogP contribution in [0.5, 0.6) is 0 Å². The first-order chi connectivity index (χ1) is 16.7. The van der Waals surface area contributed by atoms with E-state index in [1.807, 2.05) is 0 Å². The zero-order valence-electron chi connectivity index (χ0n) is 23.0. The summed E-state index contributed by atoms with van der Waals surface area (Å²) < 4.78 is 57.0. The molecule has 0 saturated carbocycles. The van der Waals surface area contributed by atoms with Crippen molar-refractivity contribution in [3.8, 4) is 0 Å². The molecule has 0 bridgehead atoms. The third-order valence-electron chi connectivity index (χ3n) is 4.04. The summed E-state index contributed by atoms with van der Waals surface area (Å²) in [6.07, 6.45) is -4.33. The molecule has 3 aromatic rings. The van der Waals surface area contributed by atoms with Gasteiger partial charge in [-0.25, -0.2) is 4.98 Å². The molecule has 0 unspecified atom stereocenters. The highest BCUT2D eigenvalue weighted by Gasteiger charge is 2.08. The standard InChI is InChI=1S/C23H27N3O2S/c1-16-5-4-7-18(13-16)21(27)8-3-2-6-17-9-11-19(12-10-17)25-22(28)14-20-15-29-23(24)26-20/h4-5,7,9-13,15,21,27H,2-3,6,8,14H2,1H3,(H2,24,26)(H,25,28)/t21-/m0/s1/i4D,5D,6D2,7D,13D,21D. The molecule has 29 heavy (non-hydrogen) atoms. The van der Waals surface area contributed by atoms with Gasteiger partial charge in [-0.2, -0.15) is 0 Å². The van der Waals surface area contributed by atoms with Crippen LogP contribution in [0.2, 0.25) is 0 Å². The van der Waals surface area contributed by atoms with Gasteiger partial charge in [-0.05, 0) is 49.4 Å². The van der Waals surface area contributed by atoms with Crippen molar-refractivity contribution in [3.63, 3.8) is 0 Å². The normalized spacial score (nSPS) is 17.0. The first kappa shape index (κ1) is 13.5. The van der Waals surface area contributed by atoms with E-state index in [4.69, 9.17) is 15.3 Å². The molecule has 0 aliphatic rings. The maximum absolute atomic E-state index is 12.2. The molecule has 152 valence electrons. The fraction of sp³-hybridized carbons (Fsp3) is 0.304. The number of carbonyl (C=O) groups excluding carboxylic acids is 1. The number of aliphatic hydroxyl groups is 1. The third-order valence-corrected chi connectivity index (χ3v) is 4.76. The van der Waals surface area contributed by atoms with Crippen LogP contribution in [0.15, 0.2) is 53.8 Å². The van der Waals surface area contributed by atoms with Crippen LogP contribution in [0.3, 0.4) is 0 Å². The smallest absolute Gasteiger partial charge is 0.230 e. The molecule has 5 nitrogen and oxygen atoms in total. The molecule has 6 heteroatoms. The van der Waals surface area contributed by atoms with E-state index in [1.165, 1.54) is 18.3 Å². The lowest BCUT2D eigenvalue weighted by atomic mass is 10.00. The summed E-state index contributed by atoms with van der Waals surface area (Å²) in [4.78, 5) is 16.2. The van der Waals surface area contributed by atoms with Crippen LogP contribution < -0.4 is 11.1 Å². The maximum atomic E-state index is 12.2. The molecular weight excluding hydrogens is 382 g/mol. The quantitative estimate of drug-likeness (QED) is 0.473. The van der Waals surface area contributed by atoms with Gasteiger partial charge in [0.1, 0.15) is 0 Å². The number of nitrogens with two attached hydrogens (primary N) is 1. The highest BCUT2D eigenvalue weighted by atomic mass is 32.1. The highest BCUT2D eigenvalue weighted by molar-refractivity contribution is 7.13. The van der Waals surface area contributed by atoms with E-state index in [2.05, 4.69) is 10.3 Å². The minimum Gasteiger partial charge on any atom is -0.388 e. The van der Waals surface area contributed by atoms with Crippen molar-refractivity contribution in [2.45, 2.75) is 45.1 Å². The summed E-state index contributed by atoms with van der Waals surface area (Å²) in [5.41, 5.74) is 6.74. The number of anilines is 2. The average molecular weight is 417 g/mol. The highest BCUT2D eigenvalue weighted by Crippen LogP contribution is 2.21. The van der Waals surface area contributed by atoms with Gasteiger partial charge in [-0.1, -0.05) is 48.3 Å². The van der Waals surface area contributed by atoms with Crippen molar-refractivity contribution in [2.75, 3.05) is 11.1 Å². The number of amides is 1. The molecule has 3 rings (SSSR count). The van der Waals surface area contributed by atoms with E-state index in [-0.39, 0.29) is 54.8 Å². The fourth-order valence-electron chi connectivity index (χ4n) is 2.64. The monoisotopic (exact) mass is 416 g/mol. The predicted molar refractivity (Wildman–Crippen MR) is 119 cm³/mol. The van der Waals surface area contributed by atoms with Crippen molar-refractivity contribution in [3.05, 3.63) is 76.2 Å². The van der Waals surface area contributed by atoms with Crippen LogP contribution in [0.1, 0.15) is 57.3 Å². The zero-order chi connectivity index (χ0) is 26.8. The van der Waals surface area contributed by atoms with Crippen molar-refractivity contribution in [1.82, 2.24) is 4.98 Å². The second kappa shape index (κ2) is 10.2. The lowest BCUT2D eigenvalue weighted by Crippen LogP contribution is -2.14. The van der Waals surface area contributed by atoms with Gasteiger partial charge >= 0.3 is 0 Å². The van der Waals surface area contributed by atoms with Crippen molar-refractivity contribution in [2.24, 2.45) is 0 Å². The van der Waals surface area contributed by atoms with E-state index < -0.39 is 24.5 Å². The van der Waals surface area contributed by atoms with Gasteiger partial charge in [-0.3, -0.25) is 4.79 Å². The topological polar surface area (TPSA) is 88.2 Å². The number of nitrogens with zero attached hydrogens (tertiary/aromatic N) is 1. The maximum Gasteiger partial charge on any atom is 0.230 e. The van der Waals surface area contributed by atoms with E-state index in [0.29, 0.717) is 22.1 Å². The molecule has 1 aromatic heterocycles. The van der Waals surface area contributed by atoms with Gasteiger partial charge in [0.05, 0.1) is 25.0 Å². The van der Waals surface area contributed by atoms with Gasteiger partial charge in [-0.15, -0.1) is 11.3 Å². The Morgan fingerprint density at radius 1 is 1.38 bits per heavy atom. The predicted octanol–water partition coefficient (Wildman–Crippen LogP) is 4.66. The number of hydrogen-bond donors (Lipinski definition) is 3. The summed E-state index contributed by atoms with van der Waals surface area (Å²) in [6, 6.07) is 4.67. The molecule has 0 aliphatic heterocycles. The summed E-state index contributed by atoms with van der Waals surface area (Å²) in [7, 11) is 0. The van der Waals surface area contributed by atoms with E-state index in [0.717, 1.165) is 0 Å². The summed E-state index contributed by atoms with van der Waals surface area (Å²) in [6.45, 7) is 1.43. The lowest BCUT2D eigenvalue weighted by molar-refractivity contribution is -0.115. The summed E-state index contributed by atoms with van der Waals surface area (Å²) >= 11 is 1.25. The van der Waals surface area contributed by atoms with Crippen LogP contribution in [0.4, 0.5) is 10.8 Å². The zero-order valence-corrected chi connectivity index (χ0v) is 16.8. The average Bonchev–Trinajstić information content (AvgIpc) is 3.20. The van der Waals surface area contributed by atoms with Gasteiger partial charge in [0.15, 0.2) is 5.13 Å². The largest absolute Gasteiger partial charge is 0.388 e. The Morgan fingerprint density at radius 3 is 2.90 bits per heavy atom. The Bertz CT molecular complexity index is 1230. The van der Waals surface area contributed by atoms with Crippen LogP contribution in [-0.2, 0) is 17.6 Å². The van der Waals surface area contributed by atoms with Crippen LogP contribution >= 0.6 is 11.3 Å². The van der Waals surface area contributed by atoms with Gasteiger partial charge in [0.2, 0.25) is 5.91 Å². The number of aromatic nitrogens is 1. The number of nitrogen functional groups attached to an aromatic ring is 1. The van der Waals surface area contributed by atoms with Crippen molar-refractivity contribution in [1.29, 1.82) is 0 Å². The van der Waals surface area contributed by atoms with Crippen molar-refractivity contribution >= 4 is 28.1 Å². The van der Waals surface area contributed by atoms with Crippen molar-refractivity contribution < 1.29 is 19.5 Å². The molecule has 4 N–H and O–H groups in total. The minimum absolute atomic E-state index is 0.0466. The molecule has 0 spiro atoms. The Morgan fingerprint density at radius 2 is 2.17 bits per heavy atom. The van der Waals surface area contributed by atoms with Gasteiger partial charge in [0, 0.05) is 13.8 Å². The molecule has 0 fully saturated rings. The first-order valence-corrected chi connectivity index (χ1v) is 10.0. The molecular formula is C23H27N3O2S. The number of nitrogens with one attached hydrogen (secondary N) is 1. The van der Waals surface area contributed by atoms with E-state index in [9.17, 15) is 9.90 Å². The Balaban J connectivity index is 1.62. The first-order valence-electron chi connectivity index (χ1n) is 12.6. The number of carbonyl (C=O) groups is 1. The van der Waals surface area contributed by atoms with E-state index in [1.54, 1.807) is 29.6 Å². The lowest BCUT2D eigenvalue weighted by Gasteiger charge is -2.11. The molecule has 1 heterocycles. The summed E-state index contributed by atoms with van der Waals surface area (Å²) in [5, 5.41) is 15.5. The number of benzene rings is 2. The minimum atomic E-state index is -2.37. The number of hydrogen-bond acceptors (Lipinski definition) is 5. The number of thiazole rings is 1. The van der Waals surface area contributed by atoms with Crippen LogP contribution in [0, 0.1) is 6.92 Å². The fourth-order valence-corrected chi connectivity index (χ4v) is 3.20. The molecule has 0 radical (unpaired) electrons. The SMILES string of the molecule is [2H]c1c([2H])c(C)c([2H])c([C@@]([2H])(O)CCCC([2H])([2H])c2ccc(NC(=O)Cc3csc(N)n3)cc2)c1[2H]. The Hall–Kier alpha value is -2.70. The Labute approximate surface area is 185 Å². The third kappa shape index (κ3) is 6.69. The number of rotatable bonds is 9. The van der Waals surface area contributed by atoms with Crippen LogP contribution in [-0.4, -0.2) is 16.0 Å². The molecule has 2 aromatic carbocycles. The molecule has 1 amide bonds. The summed E-state index contributed by atoms with van der Waals surface area (Å²) in [5.74, 6) is -0.280. The molecule has 1 atom stereocenters. The second-order valence-electron chi connectivity index (χ2n) is 6.46.